The zero-order valence-corrected chi connectivity index (χ0v) is 15.9. The topological polar surface area (TPSA) is 101 Å². The molecule has 9 heteroatoms. The summed E-state index contributed by atoms with van der Waals surface area (Å²) in [6.45, 7) is 1.76. The molecule has 0 saturated carbocycles. The van der Waals surface area contributed by atoms with Gasteiger partial charge in [0, 0.05) is 29.2 Å². The highest BCUT2D eigenvalue weighted by Gasteiger charge is 2.15. The zero-order chi connectivity index (χ0) is 19.3. The second-order valence-electron chi connectivity index (χ2n) is 5.49. The van der Waals surface area contributed by atoms with Crippen molar-refractivity contribution in [2.75, 3.05) is 4.72 Å². The van der Waals surface area contributed by atoms with Crippen molar-refractivity contribution in [1.82, 2.24) is 10.4 Å². The molecule has 2 heterocycles. The van der Waals surface area contributed by atoms with E-state index in [1.807, 2.05) is 6.07 Å². The minimum absolute atomic E-state index is 0.226. The van der Waals surface area contributed by atoms with E-state index < -0.39 is 15.9 Å². The minimum atomic E-state index is -3.62. The van der Waals surface area contributed by atoms with Crippen molar-refractivity contribution in [3.8, 4) is 0 Å². The van der Waals surface area contributed by atoms with E-state index in [1.54, 1.807) is 36.8 Å². The molecule has 1 amide bonds. The van der Waals surface area contributed by atoms with Gasteiger partial charge in [0.15, 0.2) is 0 Å². The molecule has 0 aliphatic heterocycles. The number of hydrogen-bond acceptors (Lipinski definition) is 6. The Bertz CT molecular complexity index is 1050. The highest BCUT2D eigenvalue weighted by molar-refractivity contribution is 7.94. The Hall–Kier alpha value is -3.04. The summed E-state index contributed by atoms with van der Waals surface area (Å²) < 4.78 is 27.1. The molecule has 0 bridgehead atoms. The van der Waals surface area contributed by atoms with E-state index in [-0.39, 0.29) is 4.21 Å². The third-order valence-electron chi connectivity index (χ3n) is 3.56. The predicted molar refractivity (Wildman–Crippen MR) is 105 cm³/mol. The van der Waals surface area contributed by atoms with E-state index in [2.05, 4.69) is 20.2 Å². The van der Waals surface area contributed by atoms with Crippen molar-refractivity contribution in [2.24, 2.45) is 5.10 Å². The van der Waals surface area contributed by atoms with Gasteiger partial charge in [0.05, 0.1) is 5.71 Å². The molecule has 3 rings (SSSR count). The minimum Gasteiger partial charge on any atom is -0.279 e. The number of hydrazone groups is 1. The van der Waals surface area contributed by atoms with Gasteiger partial charge < -0.3 is 0 Å². The summed E-state index contributed by atoms with van der Waals surface area (Å²) in [4.78, 5) is 16.2. The summed E-state index contributed by atoms with van der Waals surface area (Å²) >= 11 is 1.13. The van der Waals surface area contributed by atoms with Gasteiger partial charge in [0.25, 0.3) is 15.9 Å². The number of amides is 1. The number of nitrogens with one attached hydrogen (secondary N) is 2. The molecule has 27 heavy (non-hydrogen) atoms. The second-order valence-corrected chi connectivity index (χ2v) is 8.35. The van der Waals surface area contributed by atoms with Gasteiger partial charge in [0.2, 0.25) is 0 Å². The van der Waals surface area contributed by atoms with Gasteiger partial charge in [-0.25, -0.2) is 13.8 Å². The first-order valence-corrected chi connectivity index (χ1v) is 10.2. The maximum Gasteiger partial charge on any atom is 0.271 e. The highest BCUT2D eigenvalue weighted by Crippen LogP contribution is 2.20. The van der Waals surface area contributed by atoms with Crippen molar-refractivity contribution in [3.63, 3.8) is 0 Å². The van der Waals surface area contributed by atoms with E-state index >= 15 is 0 Å². The summed E-state index contributed by atoms with van der Waals surface area (Å²) in [7, 11) is -3.62. The number of pyridine rings is 1. The van der Waals surface area contributed by atoms with E-state index in [4.69, 9.17) is 0 Å². The molecule has 3 aromatic rings. The quantitative estimate of drug-likeness (QED) is 0.490. The third kappa shape index (κ3) is 4.78. The number of thiophene rings is 1. The molecule has 0 aliphatic rings. The van der Waals surface area contributed by atoms with Gasteiger partial charge in [-0.3, -0.25) is 14.5 Å². The molecule has 0 aliphatic carbocycles. The maximum atomic E-state index is 12.2. The number of carbonyl (C=O) groups is 1. The Morgan fingerprint density at radius 2 is 1.85 bits per heavy atom. The molecular weight excluding hydrogens is 384 g/mol. The number of rotatable bonds is 6. The Labute approximate surface area is 160 Å². The average molecular weight is 400 g/mol. The number of nitrogens with zero attached hydrogens (tertiary/aromatic N) is 2. The van der Waals surface area contributed by atoms with Crippen LogP contribution >= 0.6 is 11.3 Å². The summed E-state index contributed by atoms with van der Waals surface area (Å²) in [5, 5.41) is 5.74. The lowest BCUT2D eigenvalue weighted by Crippen LogP contribution is -2.19. The fourth-order valence-electron chi connectivity index (χ4n) is 2.15. The molecule has 1 aromatic carbocycles. The van der Waals surface area contributed by atoms with Gasteiger partial charge >= 0.3 is 0 Å². The lowest BCUT2D eigenvalue weighted by Gasteiger charge is -2.07. The fourth-order valence-corrected chi connectivity index (χ4v) is 4.20. The standard InChI is InChI=1S/C18H16N4O3S2/c1-13(15-4-2-10-19-12-15)20-21-18(23)14-6-8-16(9-7-14)22-27(24,25)17-5-3-11-26-17/h2-12,22H,1H3,(H,21,23)/b20-13-. The van der Waals surface area contributed by atoms with Gasteiger partial charge in [-0.15, -0.1) is 11.3 Å². The van der Waals surface area contributed by atoms with Crippen LogP contribution in [-0.2, 0) is 10.0 Å². The molecule has 7 nitrogen and oxygen atoms in total. The molecule has 0 spiro atoms. The maximum absolute atomic E-state index is 12.2. The molecule has 2 N–H and O–H groups in total. The summed E-state index contributed by atoms with van der Waals surface area (Å²) in [6.07, 6.45) is 3.31. The first kappa shape index (κ1) is 18.7. The molecular formula is C18H16N4O3S2. The molecule has 0 atom stereocenters. The summed E-state index contributed by atoms with van der Waals surface area (Å²) in [5.74, 6) is -0.397. The Kier molecular flexibility index (Phi) is 5.63. The van der Waals surface area contributed by atoms with Crippen molar-refractivity contribution >= 4 is 38.7 Å². The molecule has 138 valence electrons. The summed E-state index contributed by atoms with van der Waals surface area (Å²) in [6, 6.07) is 12.9. The lowest BCUT2D eigenvalue weighted by atomic mass is 10.2. The van der Waals surface area contributed by atoms with Gasteiger partial charge in [-0.05, 0) is 48.7 Å². The van der Waals surface area contributed by atoms with Crippen LogP contribution in [0.5, 0.6) is 0 Å². The second kappa shape index (κ2) is 8.11. The van der Waals surface area contributed by atoms with E-state index in [1.165, 1.54) is 30.3 Å². The Morgan fingerprint density at radius 3 is 2.48 bits per heavy atom. The SMILES string of the molecule is C/C(=N/NC(=O)c1ccc(NS(=O)(=O)c2cccs2)cc1)c1cccnc1. The number of carbonyl (C=O) groups excluding carboxylic acids is 1. The normalized spacial score (nSPS) is 11.8. The number of hydrogen-bond donors (Lipinski definition) is 2. The molecule has 2 aromatic heterocycles. The van der Waals surface area contributed by atoms with Crippen LogP contribution in [-0.4, -0.2) is 25.0 Å². The smallest absolute Gasteiger partial charge is 0.271 e. The number of benzene rings is 1. The number of aromatic nitrogens is 1. The largest absolute Gasteiger partial charge is 0.279 e. The fraction of sp³-hybridized carbons (Fsp3) is 0.0556. The van der Waals surface area contributed by atoms with Crippen molar-refractivity contribution in [1.29, 1.82) is 0 Å². The van der Waals surface area contributed by atoms with Crippen LogP contribution in [0, 0.1) is 0 Å². The van der Waals surface area contributed by atoms with Crippen LogP contribution in [0.2, 0.25) is 0 Å². The van der Waals surface area contributed by atoms with Crippen LogP contribution in [0.4, 0.5) is 5.69 Å². The van der Waals surface area contributed by atoms with E-state index in [0.717, 1.165) is 16.9 Å². The molecule has 0 unspecified atom stereocenters. The van der Waals surface area contributed by atoms with E-state index in [9.17, 15) is 13.2 Å². The molecule has 0 radical (unpaired) electrons. The van der Waals surface area contributed by atoms with Crippen LogP contribution in [0.3, 0.4) is 0 Å². The van der Waals surface area contributed by atoms with Crippen LogP contribution in [0.25, 0.3) is 0 Å². The zero-order valence-electron chi connectivity index (χ0n) is 14.3. The van der Waals surface area contributed by atoms with Gasteiger partial charge in [0.1, 0.15) is 4.21 Å². The number of sulfonamides is 1. The first-order chi connectivity index (χ1) is 13.0. The van der Waals surface area contributed by atoms with Crippen LogP contribution in [0.1, 0.15) is 22.8 Å². The predicted octanol–water partition coefficient (Wildman–Crippen LogP) is 3.10. The molecule has 0 fully saturated rings. The van der Waals surface area contributed by atoms with Crippen molar-refractivity contribution in [3.05, 3.63) is 77.4 Å². The van der Waals surface area contributed by atoms with Crippen molar-refractivity contribution < 1.29 is 13.2 Å². The Balaban J connectivity index is 1.66. The van der Waals surface area contributed by atoms with Crippen LogP contribution < -0.4 is 10.1 Å². The van der Waals surface area contributed by atoms with Crippen LogP contribution in [0.15, 0.2) is 75.6 Å². The number of anilines is 1. The Morgan fingerprint density at radius 1 is 1.07 bits per heavy atom. The van der Waals surface area contributed by atoms with Gasteiger partial charge in [-0.1, -0.05) is 12.1 Å². The van der Waals surface area contributed by atoms with Gasteiger partial charge in [-0.2, -0.15) is 5.10 Å². The lowest BCUT2D eigenvalue weighted by molar-refractivity contribution is 0.0955. The highest BCUT2D eigenvalue weighted by atomic mass is 32.2. The average Bonchev–Trinajstić information content (AvgIpc) is 3.23. The van der Waals surface area contributed by atoms with Crippen molar-refractivity contribution in [2.45, 2.75) is 11.1 Å². The third-order valence-corrected chi connectivity index (χ3v) is 6.34. The molecule has 0 saturated heterocycles. The summed E-state index contributed by atoms with van der Waals surface area (Å²) in [5.41, 5.74) is 4.62. The first-order valence-electron chi connectivity index (χ1n) is 7.87. The van der Waals surface area contributed by atoms with E-state index in [0.29, 0.717) is 17.0 Å². The monoisotopic (exact) mass is 400 g/mol.